The summed E-state index contributed by atoms with van der Waals surface area (Å²) in [5.74, 6) is 0.143. The molecule has 1 saturated heterocycles. The van der Waals surface area contributed by atoms with E-state index in [2.05, 4.69) is 0 Å². The third kappa shape index (κ3) is 2.79. The maximum Gasteiger partial charge on any atom is 0.233 e. The van der Waals surface area contributed by atoms with Crippen LogP contribution in [-0.2, 0) is 4.79 Å². The number of carbonyl (C=O) groups is 1. The van der Waals surface area contributed by atoms with Gasteiger partial charge < -0.3 is 10.0 Å². The number of halogens is 1. The second-order valence-corrected chi connectivity index (χ2v) is 5.18. The van der Waals surface area contributed by atoms with Crippen LogP contribution in [0.15, 0.2) is 24.3 Å². The maximum absolute atomic E-state index is 12.8. The van der Waals surface area contributed by atoms with Gasteiger partial charge in [0.05, 0.1) is 11.9 Å². The molecular formula is C12H14FNO2S. The minimum absolute atomic E-state index is 0.0187. The molecule has 0 bridgehead atoms. The van der Waals surface area contributed by atoms with Crippen LogP contribution in [0.25, 0.3) is 0 Å². The molecule has 0 radical (unpaired) electrons. The highest BCUT2D eigenvalue weighted by Gasteiger charge is 2.33. The van der Waals surface area contributed by atoms with Crippen LogP contribution in [0.5, 0.6) is 0 Å². The lowest BCUT2D eigenvalue weighted by atomic mass is 10.2. The average molecular weight is 255 g/mol. The molecule has 2 atom stereocenters. The smallest absolute Gasteiger partial charge is 0.233 e. The van der Waals surface area contributed by atoms with Crippen LogP contribution >= 0.6 is 11.8 Å². The molecule has 1 amide bonds. The predicted molar refractivity (Wildman–Crippen MR) is 65.0 cm³/mol. The van der Waals surface area contributed by atoms with Gasteiger partial charge in [0.15, 0.2) is 0 Å². The fourth-order valence-electron chi connectivity index (χ4n) is 1.84. The van der Waals surface area contributed by atoms with Crippen molar-refractivity contribution in [2.45, 2.75) is 18.4 Å². The highest BCUT2D eigenvalue weighted by molar-refractivity contribution is 8.00. The summed E-state index contributed by atoms with van der Waals surface area (Å²) in [4.78, 5) is 13.3. The van der Waals surface area contributed by atoms with Gasteiger partial charge in [-0.05, 0) is 24.6 Å². The number of aliphatic hydroxyl groups excluding tert-OH is 1. The minimum Gasteiger partial charge on any atom is -0.392 e. The van der Waals surface area contributed by atoms with Crippen LogP contribution in [0.3, 0.4) is 0 Å². The molecule has 1 aliphatic heterocycles. The Morgan fingerprint density at radius 1 is 1.53 bits per heavy atom. The molecule has 0 unspecified atom stereocenters. The maximum atomic E-state index is 12.8. The number of amides is 1. The third-order valence-corrected chi connectivity index (χ3v) is 3.84. The fraction of sp³-hybridized carbons (Fsp3) is 0.417. The van der Waals surface area contributed by atoms with Crippen LogP contribution in [0.4, 0.5) is 4.39 Å². The first-order chi connectivity index (χ1) is 8.08. The number of aliphatic hydroxyl groups is 1. The molecule has 0 spiro atoms. The first-order valence-corrected chi connectivity index (χ1v) is 6.47. The van der Waals surface area contributed by atoms with E-state index in [1.165, 1.54) is 23.9 Å². The zero-order valence-corrected chi connectivity index (χ0v) is 10.3. The lowest BCUT2D eigenvalue weighted by Gasteiger charge is -2.25. The molecule has 2 rings (SSSR count). The van der Waals surface area contributed by atoms with E-state index in [0.717, 1.165) is 5.56 Å². The second-order valence-electron chi connectivity index (χ2n) is 4.11. The number of rotatable bonds is 3. The van der Waals surface area contributed by atoms with Gasteiger partial charge in [-0.15, -0.1) is 11.8 Å². The SMILES string of the molecule is C[C@H](O)CN1C(=O)CS[C@@H]1c1ccc(F)cc1. The van der Waals surface area contributed by atoms with Crippen molar-refractivity contribution in [1.82, 2.24) is 4.90 Å². The Labute approximate surface area is 104 Å². The van der Waals surface area contributed by atoms with E-state index in [1.54, 1.807) is 24.0 Å². The molecule has 5 heteroatoms. The number of hydrogen-bond acceptors (Lipinski definition) is 3. The number of benzene rings is 1. The summed E-state index contributed by atoms with van der Waals surface area (Å²) < 4.78 is 12.8. The number of thioether (sulfide) groups is 1. The molecule has 1 aliphatic rings. The first kappa shape index (κ1) is 12.4. The molecule has 0 saturated carbocycles. The molecule has 0 aliphatic carbocycles. The quantitative estimate of drug-likeness (QED) is 0.895. The highest BCUT2D eigenvalue weighted by atomic mass is 32.2. The van der Waals surface area contributed by atoms with Crippen LogP contribution < -0.4 is 0 Å². The van der Waals surface area contributed by atoms with Crippen LogP contribution in [0.1, 0.15) is 17.9 Å². The number of carbonyl (C=O) groups excluding carboxylic acids is 1. The van der Waals surface area contributed by atoms with E-state index in [-0.39, 0.29) is 17.1 Å². The molecule has 1 aromatic carbocycles. The lowest BCUT2D eigenvalue weighted by Crippen LogP contribution is -2.34. The van der Waals surface area contributed by atoms with Crippen molar-refractivity contribution >= 4 is 17.7 Å². The van der Waals surface area contributed by atoms with E-state index in [4.69, 9.17) is 0 Å². The van der Waals surface area contributed by atoms with Gasteiger partial charge in [-0.25, -0.2) is 4.39 Å². The van der Waals surface area contributed by atoms with Gasteiger partial charge in [0.1, 0.15) is 11.2 Å². The van der Waals surface area contributed by atoms with E-state index in [0.29, 0.717) is 12.3 Å². The van der Waals surface area contributed by atoms with Crippen LogP contribution in [0.2, 0.25) is 0 Å². The summed E-state index contributed by atoms with van der Waals surface area (Å²) >= 11 is 1.50. The van der Waals surface area contributed by atoms with E-state index in [9.17, 15) is 14.3 Å². The molecule has 1 heterocycles. The monoisotopic (exact) mass is 255 g/mol. The van der Waals surface area contributed by atoms with Crippen molar-refractivity contribution in [2.75, 3.05) is 12.3 Å². The Bertz CT molecular complexity index is 407. The van der Waals surface area contributed by atoms with Gasteiger partial charge in [-0.1, -0.05) is 12.1 Å². The molecule has 3 nitrogen and oxygen atoms in total. The lowest BCUT2D eigenvalue weighted by molar-refractivity contribution is -0.129. The third-order valence-electron chi connectivity index (χ3n) is 2.58. The van der Waals surface area contributed by atoms with Crippen LogP contribution in [0, 0.1) is 5.82 Å². The van der Waals surface area contributed by atoms with E-state index < -0.39 is 6.10 Å². The van der Waals surface area contributed by atoms with Crippen molar-refractivity contribution in [2.24, 2.45) is 0 Å². The van der Waals surface area contributed by atoms with Crippen molar-refractivity contribution in [3.05, 3.63) is 35.6 Å². The molecule has 1 N–H and O–H groups in total. The zero-order chi connectivity index (χ0) is 12.4. The van der Waals surface area contributed by atoms with E-state index in [1.807, 2.05) is 0 Å². The van der Waals surface area contributed by atoms with Crippen molar-refractivity contribution in [3.63, 3.8) is 0 Å². The molecule has 1 aromatic rings. The summed E-state index contributed by atoms with van der Waals surface area (Å²) in [5, 5.41) is 9.26. The molecule has 17 heavy (non-hydrogen) atoms. The topological polar surface area (TPSA) is 40.5 Å². The Balaban J connectivity index is 2.19. The number of β-amino-alcohol motifs (C(OH)–C–C–N with tert-alkyl or cyclic N) is 1. The van der Waals surface area contributed by atoms with E-state index >= 15 is 0 Å². The van der Waals surface area contributed by atoms with Gasteiger partial charge in [-0.2, -0.15) is 0 Å². The molecule has 0 aromatic heterocycles. The first-order valence-electron chi connectivity index (χ1n) is 5.42. The van der Waals surface area contributed by atoms with Gasteiger partial charge in [0.2, 0.25) is 5.91 Å². The number of nitrogens with zero attached hydrogens (tertiary/aromatic N) is 1. The zero-order valence-electron chi connectivity index (χ0n) is 9.47. The Kier molecular flexibility index (Phi) is 3.69. The van der Waals surface area contributed by atoms with Crippen LogP contribution in [-0.4, -0.2) is 34.3 Å². The summed E-state index contributed by atoms with van der Waals surface area (Å²) in [7, 11) is 0. The minimum atomic E-state index is -0.555. The fourth-order valence-corrected chi connectivity index (χ4v) is 3.04. The normalized spacial score (nSPS) is 21.9. The van der Waals surface area contributed by atoms with Gasteiger partial charge in [-0.3, -0.25) is 4.79 Å². The highest BCUT2D eigenvalue weighted by Crippen LogP contribution is 2.38. The van der Waals surface area contributed by atoms with Gasteiger partial charge in [0, 0.05) is 6.54 Å². The van der Waals surface area contributed by atoms with Gasteiger partial charge >= 0.3 is 0 Å². The Hall–Kier alpha value is -1.07. The number of hydrogen-bond donors (Lipinski definition) is 1. The molecule has 1 fully saturated rings. The van der Waals surface area contributed by atoms with Gasteiger partial charge in [0.25, 0.3) is 0 Å². The Morgan fingerprint density at radius 2 is 2.18 bits per heavy atom. The summed E-state index contributed by atoms with van der Waals surface area (Å²) in [5.41, 5.74) is 0.892. The van der Waals surface area contributed by atoms with Crippen molar-refractivity contribution in [1.29, 1.82) is 0 Å². The summed E-state index contributed by atoms with van der Waals surface area (Å²) in [6.07, 6.45) is -0.555. The van der Waals surface area contributed by atoms with Crippen molar-refractivity contribution < 1.29 is 14.3 Å². The standard InChI is InChI=1S/C12H14FNO2S/c1-8(15)6-14-11(16)7-17-12(14)9-2-4-10(13)5-3-9/h2-5,8,12,15H,6-7H2,1H3/t8-,12+/m0/s1. The molecule has 92 valence electrons. The summed E-state index contributed by atoms with van der Waals surface area (Å²) in [6, 6.07) is 6.14. The molecular weight excluding hydrogens is 241 g/mol. The second kappa shape index (κ2) is 5.06. The largest absolute Gasteiger partial charge is 0.392 e. The average Bonchev–Trinajstić information content (AvgIpc) is 2.61. The predicted octanol–water partition coefficient (Wildman–Crippen LogP) is 1.78. The Morgan fingerprint density at radius 3 is 2.76 bits per heavy atom. The van der Waals surface area contributed by atoms with Crippen molar-refractivity contribution in [3.8, 4) is 0 Å². The summed E-state index contributed by atoms with van der Waals surface area (Å²) in [6.45, 7) is 1.96.